The molecule has 20 heavy (non-hydrogen) atoms. The molecule has 0 radical (unpaired) electrons. The number of nitrogens with two attached hydrogens (primary N) is 1. The molecule has 2 N–H and O–H groups in total. The predicted molar refractivity (Wildman–Crippen MR) is 82.4 cm³/mol. The number of carbonyl (C=O) groups excluding carboxylic acids is 1. The number of hydrogen-bond donors (Lipinski definition) is 1. The van der Waals surface area contributed by atoms with Crippen LogP contribution in [0.25, 0.3) is 0 Å². The van der Waals surface area contributed by atoms with Crippen LogP contribution < -0.4 is 15.5 Å². The second kappa shape index (κ2) is 5.09. The Kier molecular flexibility index (Phi) is 3.42. The number of benzene rings is 1. The molecule has 1 aromatic carbocycles. The van der Waals surface area contributed by atoms with Gasteiger partial charge in [0.25, 0.3) is 0 Å². The van der Waals surface area contributed by atoms with Crippen LogP contribution in [-0.4, -0.2) is 31.6 Å². The Labute approximate surface area is 120 Å². The van der Waals surface area contributed by atoms with E-state index < -0.39 is 0 Å². The molecule has 2 heterocycles. The largest absolute Gasteiger partial charge is 0.367 e. The van der Waals surface area contributed by atoms with Crippen LogP contribution in [0.2, 0.25) is 0 Å². The van der Waals surface area contributed by atoms with Crippen LogP contribution in [0.5, 0.6) is 0 Å². The smallest absolute Gasteiger partial charge is 0.223 e. The minimum Gasteiger partial charge on any atom is -0.367 e. The van der Waals surface area contributed by atoms with Crippen LogP contribution in [0.1, 0.15) is 31.4 Å². The van der Waals surface area contributed by atoms with Gasteiger partial charge in [-0.05, 0) is 43.4 Å². The maximum absolute atomic E-state index is 11.8. The molecule has 2 aliphatic rings. The zero-order valence-corrected chi connectivity index (χ0v) is 12.4. The second-order valence-corrected chi connectivity index (χ2v) is 5.87. The molecular weight excluding hydrogens is 250 g/mol. The van der Waals surface area contributed by atoms with Gasteiger partial charge in [-0.3, -0.25) is 4.79 Å². The monoisotopic (exact) mass is 273 g/mol. The Morgan fingerprint density at radius 1 is 1.35 bits per heavy atom. The summed E-state index contributed by atoms with van der Waals surface area (Å²) in [7, 11) is 0. The van der Waals surface area contributed by atoms with Gasteiger partial charge in [0.05, 0.1) is 0 Å². The molecule has 3 rings (SSSR count). The number of anilines is 2. The molecule has 0 fully saturated rings. The number of amides is 1. The van der Waals surface area contributed by atoms with E-state index in [1.165, 1.54) is 16.8 Å². The minimum absolute atomic E-state index is 0.141. The van der Waals surface area contributed by atoms with Gasteiger partial charge < -0.3 is 15.5 Å². The maximum atomic E-state index is 11.8. The lowest BCUT2D eigenvalue weighted by Crippen LogP contribution is -2.39. The van der Waals surface area contributed by atoms with E-state index in [9.17, 15) is 4.79 Å². The van der Waals surface area contributed by atoms with Crippen molar-refractivity contribution in [3.8, 4) is 0 Å². The zero-order chi connectivity index (χ0) is 14.3. The summed E-state index contributed by atoms with van der Waals surface area (Å²) in [6.07, 6.45) is 3.21. The van der Waals surface area contributed by atoms with Crippen LogP contribution in [0.3, 0.4) is 0 Å². The SMILES string of the molecule is CC(=O)N1CCCc2c1ccc1c2N([C@@H](C)CN)CC1. The van der Waals surface area contributed by atoms with Crippen molar-refractivity contribution >= 4 is 17.3 Å². The summed E-state index contributed by atoms with van der Waals surface area (Å²) in [4.78, 5) is 16.2. The number of fused-ring (bicyclic) bond motifs is 3. The van der Waals surface area contributed by atoms with Gasteiger partial charge >= 0.3 is 0 Å². The van der Waals surface area contributed by atoms with Gasteiger partial charge in [-0.15, -0.1) is 0 Å². The summed E-state index contributed by atoms with van der Waals surface area (Å²) >= 11 is 0. The number of carbonyl (C=O) groups is 1. The van der Waals surface area contributed by atoms with Crippen molar-refractivity contribution in [3.63, 3.8) is 0 Å². The average molecular weight is 273 g/mol. The molecule has 4 nitrogen and oxygen atoms in total. The van der Waals surface area contributed by atoms with Crippen molar-refractivity contribution in [2.45, 2.75) is 39.2 Å². The minimum atomic E-state index is 0.141. The van der Waals surface area contributed by atoms with Gasteiger partial charge in [0.15, 0.2) is 0 Å². The van der Waals surface area contributed by atoms with Gasteiger partial charge in [0, 0.05) is 44.0 Å². The van der Waals surface area contributed by atoms with E-state index >= 15 is 0 Å². The molecule has 1 amide bonds. The van der Waals surface area contributed by atoms with E-state index in [-0.39, 0.29) is 5.91 Å². The third-order valence-corrected chi connectivity index (χ3v) is 4.60. The molecule has 2 aliphatic heterocycles. The quantitative estimate of drug-likeness (QED) is 0.892. The third kappa shape index (κ3) is 1.99. The molecule has 1 atom stereocenters. The number of rotatable bonds is 2. The summed E-state index contributed by atoms with van der Waals surface area (Å²) in [5, 5.41) is 0. The Bertz CT molecular complexity index is 541. The molecule has 4 heteroatoms. The molecule has 0 bridgehead atoms. The normalized spacial score (nSPS) is 18.8. The number of hydrogen-bond acceptors (Lipinski definition) is 3. The highest BCUT2D eigenvalue weighted by Crippen LogP contribution is 2.41. The van der Waals surface area contributed by atoms with Crippen LogP contribution in [0.15, 0.2) is 12.1 Å². The zero-order valence-electron chi connectivity index (χ0n) is 12.4. The highest BCUT2D eigenvalue weighted by atomic mass is 16.2. The first-order chi connectivity index (χ1) is 9.63. The molecule has 0 aromatic heterocycles. The Morgan fingerprint density at radius 3 is 2.85 bits per heavy atom. The molecule has 0 unspecified atom stereocenters. The van der Waals surface area contributed by atoms with Crippen LogP contribution >= 0.6 is 0 Å². The molecule has 0 spiro atoms. The van der Waals surface area contributed by atoms with Crippen molar-refractivity contribution < 1.29 is 4.79 Å². The fourth-order valence-corrected chi connectivity index (χ4v) is 3.52. The van der Waals surface area contributed by atoms with Gasteiger partial charge in [-0.1, -0.05) is 6.07 Å². The van der Waals surface area contributed by atoms with Crippen molar-refractivity contribution in [1.82, 2.24) is 0 Å². The Hall–Kier alpha value is -1.55. The van der Waals surface area contributed by atoms with E-state index in [1.807, 2.05) is 4.90 Å². The highest BCUT2D eigenvalue weighted by Gasteiger charge is 2.30. The van der Waals surface area contributed by atoms with Crippen LogP contribution in [0, 0.1) is 0 Å². The first kappa shape index (κ1) is 13.4. The summed E-state index contributed by atoms with van der Waals surface area (Å²) in [5.74, 6) is 0.141. The first-order valence-corrected chi connectivity index (χ1v) is 7.53. The topological polar surface area (TPSA) is 49.6 Å². The molecular formula is C16H23N3O. The van der Waals surface area contributed by atoms with Crippen LogP contribution in [-0.2, 0) is 17.6 Å². The fraction of sp³-hybridized carbons (Fsp3) is 0.562. The summed E-state index contributed by atoms with van der Waals surface area (Å²) < 4.78 is 0. The van der Waals surface area contributed by atoms with E-state index in [2.05, 4.69) is 24.0 Å². The van der Waals surface area contributed by atoms with Crippen molar-refractivity contribution in [2.75, 3.05) is 29.4 Å². The van der Waals surface area contributed by atoms with Crippen molar-refractivity contribution in [2.24, 2.45) is 5.73 Å². The van der Waals surface area contributed by atoms with Gasteiger partial charge in [-0.25, -0.2) is 0 Å². The molecule has 0 saturated carbocycles. The van der Waals surface area contributed by atoms with E-state index in [1.54, 1.807) is 6.92 Å². The van der Waals surface area contributed by atoms with E-state index in [4.69, 9.17) is 5.73 Å². The first-order valence-electron chi connectivity index (χ1n) is 7.53. The van der Waals surface area contributed by atoms with Crippen molar-refractivity contribution in [1.29, 1.82) is 0 Å². The van der Waals surface area contributed by atoms with Gasteiger partial charge in [0.2, 0.25) is 5.91 Å². The van der Waals surface area contributed by atoms with Crippen LogP contribution in [0.4, 0.5) is 11.4 Å². The lowest BCUT2D eigenvalue weighted by atomic mass is 9.96. The standard InChI is InChI=1S/C16H23N3O/c1-11(10-17)18-9-7-13-5-6-15-14(16(13)18)4-3-8-19(15)12(2)20/h5-6,11H,3-4,7-10,17H2,1-2H3/t11-/m0/s1. The highest BCUT2D eigenvalue weighted by molar-refractivity contribution is 5.94. The molecule has 0 saturated heterocycles. The Balaban J connectivity index is 2.09. The lowest BCUT2D eigenvalue weighted by Gasteiger charge is -2.34. The molecule has 1 aromatic rings. The summed E-state index contributed by atoms with van der Waals surface area (Å²) in [5.41, 5.74) is 11.1. The molecule has 0 aliphatic carbocycles. The maximum Gasteiger partial charge on any atom is 0.223 e. The average Bonchev–Trinajstić information content (AvgIpc) is 2.89. The predicted octanol–water partition coefficient (Wildman–Crippen LogP) is 1.70. The third-order valence-electron chi connectivity index (χ3n) is 4.60. The summed E-state index contributed by atoms with van der Waals surface area (Å²) in [6, 6.07) is 4.68. The Morgan fingerprint density at radius 2 is 2.15 bits per heavy atom. The van der Waals surface area contributed by atoms with Crippen molar-refractivity contribution in [3.05, 3.63) is 23.3 Å². The lowest BCUT2D eigenvalue weighted by molar-refractivity contribution is -0.116. The summed E-state index contributed by atoms with van der Waals surface area (Å²) in [6.45, 7) is 6.39. The van der Waals surface area contributed by atoms with Gasteiger partial charge in [0.1, 0.15) is 0 Å². The second-order valence-electron chi connectivity index (χ2n) is 5.87. The number of nitrogens with zero attached hydrogens (tertiary/aromatic N) is 2. The fourth-order valence-electron chi connectivity index (χ4n) is 3.52. The van der Waals surface area contributed by atoms with E-state index in [0.29, 0.717) is 12.6 Å². The van der Waals surface area contributed by atoms with E-state index in [0.717, 1.165) is 38.0 Å². The van der Waals surface area contributed by atoms with Gasteiger partial charge in [-0.2, -0.15) is 0 Å². The molecule has 108 valence electrons.